The largest absolute Gasteiger partial charge is 0.0776 e. The minimum Gasteiger partial charge on any atom is -0.0776 e. The molecule has 0 aliphatic rings. The van der Waals surface area contributed by atoms with Crippen molar-refractivity contribution in [1.29, 1.82) is 0 Å². The topological polar surface area (TPSA) is 0 Å². The summed E-state index contributed by atoms with van der Waals surface area (Å²) in [5.41, 5.74) is 0.461. The predicted molar refractivity (Wildman–Crippen MR) is 214 cm³/mol. The standard InChI is InChI=1S/C18H38.2C3H8.5C2H6.6CH4/c1-11-15(8)16(9)17(10)18(12(2)3,13(4)5)14(6)7;2*1-3-2;5*1-2;;;;;;/h12-17H,11H2,1-10H3;2*3H2,1-2H3;5*1-2H3;6*1H4/t15-,16-,17-;;;;;;;;;;;;;/m0............./s1. The zero-order chi connectivity index (χ0) is 30.1. The second-order valence-corrected chi connectivity index (χ2v) is 8.91. The molecule has 3 atom stereocenters. The van der Waals surface area contributed by atoms with Gasteiger partial charge < -0.3 is 0 Å². The van der Waals surface area contributed by atoms with Gasteiger partial charge in [0.15, 0.2) is 0 Å². The average molecular weight is 589 g/mol. The van der Waals surface area contributed by atoms with Crippen LogP contribution < -0.4 is 0 Å². The Balaban J connectivity index is -0.0000000219. The molecule has 0 saturated heterocycles. The highest BCUT2D eigenvalue weighted by Crippen LogP contribution is 2.52. The first-order chi connectivity index (χ1) is 16.0. The van der Waals surface area contributed by atoms with E-state index < -0.39 is 0 Å². The van der Waals surface area contributed by atoms with E-state index in [0.29, 0.717) is 5.41 Å². The van der Waals surface area contributed by atoms with E-state index >= 15 is 0 Å². The highest BCUT2D eigenvalue weighted by atomic mass is 14.5. The number of hydrogen-bond acceptors (Lipinski definition) is 0. The van der Waals surface area contributed by atoms with Crippen LogP contribution in [0.5, 0.6) is 0 Å². The average Bonchev–Trinajstić information content (AvgIpc) is 2.85. The molecule has 268 valence electrons. The van der Waals surface area contributed by atoms with E-state index in [1.165, 1.54) is 19.3 Å². The van der Waals surface area contributed by atoms with Gasteiger partial charge in [-0.2, -0.15) is 0 Å². The molecule has 0 heterocycles. The fourth-order valence-electron chi connectivity index (χ4n) is 4.90. The maximum atomic E-state index is 2.51. The molecular formula is C40H108. The Kier molecular flexibility index (Phi) is 174. The molecule has 0 unspecified atom stereocenters. The summed E-state index contributed by atoms with van der Waals surface area (Å²) < 4.78 is 0. The molecule has 0 saturated carbocycles. The molecule has 0 amide bonds. The van der Waals surface area contributed by atoms with Gasteiger partial charge in [-0.05, 0) is 40.9 Å². The molecule has 0 spiro atoms. The molecule has 0 aromatic rings. The fraction of sp³-hybridized carbons (Fsp3) is 1.00. The van der Waals surface area contributed by atoms with Gasteiger partial charge in [0.2, 0.25) is 0 Å². The second kappa shape index (κ2) is 77.3. The maximum Gasteiger partial charge on any atom is -0.0200 e. The van der Waals surface area contributed by atoms with Gasteiger partial charge >= 0.3 is 0 Å². The van der Waals surface area contributed by atoms with Crippen molar-refractivity contribution in [3.8, 4) is 0 Å². The van der Waals surface area contributed by atoms with E-state index in [4.69, 9.17) is 0 Å². The van der Waals surface area contributed by atoms with E-state index in [0.717, 1.165) is 35.5 Å². The van der Waals surface area contributed by atoms with E-state index in [-0.39, 0.29) is 44.6 Å². The molecular weight excluding hydrogens is 480 g/mol. The highest BCUT2D eigenvalue weighted by Gasteiger charge is 2.46. The highest BCUT2D eigenvalue weighted by molar-refractivity contribution is 4.94. The lowest BCUT2D eigenvalue weighted by atomic mass is 9.52. The predicted octanol–water partition coefficient (Wildman–Crippen LogP) is 18.0. The minimum atomic E-state index is 0. The molecule has 0 heteroatoms. The number of hydrogen-bond donors (Lipinski definition) is 0. The van der Waals surface area contributed by atoms with Gasteiger partial charge in [-0.25, -0.2) is 0 Å². The van der Waals surface area contributed by atoms with Crippen LogP contribution in [0, 0.1) is 40.9 Å². The minimum absolute atomic E-state index is 0. The molecule has 0 radical (unpaired) electrons. The van der Waals surface area contributed by atoms with Gasteiger partial charge in [0.1, 0.15) is 0 Å². The van der Waals surface area contributed by atoms with Gasteiger partial charge in [0.05, 0.1) is 0 Å². The van der Waals surface area contributed by atoms with Gasteiger partial charge in [0.25, 0.3) is 0 Å². The van der Waals surface area contributed by atoms with E-state index in [1.54, 1.807) is 0 Å². The van der Waals surface area contributed by atoms with Crippen LogP contribution in [0.1, 0.15) is 230 Å². The SMILES string of the molecule is C.C.C.C.C.C.CC.CC.CC.CC.CC.CCC.CCC.CC[C@H](C)[C@H](C)[C@H](C)C(C(C)C)(C(C)C)C(C)C. The lowest BCUT2D eigenvalue weighted by Crippen LogP contribution is -2.47. The first kappa shape index (κ1) is 90.0. The van der Waals surface area contributed by atoms with Gasteiger partial charge in [-0.15, -0.1) is 0 Å². The van der Waals surface area contributed by atoms with Crippen LogP contribution in [-0.4, -0.2) is 0 Å². The summed E-state index contributed by atoms with van der Waals surface area (Å²) in [5, 5.41) is 0. The van der Waals surface area contributed by atoms with Crippen molar-refractivity contribution < 1.29 is 0 Å². The normalized spacial score (nSPS) is 9.97. The third kappa shape index (κ3) is 45.0. The monoisotopic (exact) mass is 589 g/mol. The van der Waals surface area contributed by atoms with Gasteiger partial charge in [0, 0.05) is 0 Å². The summed E-state index contributed by atoms with van der Waals surface area (Å²) in [6, 6.07) is 0. The Morgan fingerprint density at radius 1 is 0.375 bits per heavy atom. The van der Waals surface area contributed by atoms with Gasteiger partial charge in [-0.1, -0.05) is 230 Å². The third-order valence-corrected chi connectivity index (χ3v) is 6.12. The van der Waals surface area contributed by atoms with E-state index in [1.807, 2.05) is 69.2 Å². The summed E-state index contributed by atoms with van der Waals surface area (Å²) in [4.78, 5) is 0. The fourth-order valence-corrected chi connectivity index (χ4v) is 4.90. The summed E-state index contributed by atoms with van der Waals surface area (Å²) >= 11 is 0. The summed E-state index contributed by atoms with van der Waals surface area (Å²) in [6.45, 7) is 52.8. The van der Waals surface area contributed by atoms with Crippen molar-refractivity contribution in [2.24, 2.45) is 40.9 Å². The van der Waals surface area contributed by atoms with Crippen LogP contribution in [0.2, 0.25) is 0 Å². The van der Waals surface area contributed by atoms with Crippen molar-refractivity contribution in [3.05, 3.63) is 0 Å². The Hall–Kier alpha value is 0. The van der Waals surface area contributed by atoms with Crippen molar-refractivity contribution >= 4 is 0 Å². The summed E-state index contributed by atoms with van der Waals surface area (Å²) in [5.74, 6) is 4.67. The molecule has 0 aromatic heterocycles. The molecule has 0 aliphatic heterocycles. The van der Waals surface area contributed by atoms with Crippen molar-refractivity contribution in [1.82, 2.24) is 0 Å². The molecule has 0 bridgehead atoms. The second-order valence-electron chi connectivity index (χ2n) is 8.91. The Labute approximate surface area is 270 Å². The third-order valence-electron chi connectivity index (χ3n) is 6.12. The number of rotatable bonds is 7. The smallest absolute Gasteiger partial charge is 0.0200 e. The van der Waals surface area contributed by atoms with Crippen LogP contribution >= 0.6 is 0 Å². The lowest BCUT2D eigenvalue weighted by Gasteiger charge is -2.53. The molecule has 0 aliphatic carbocycles. The summed E-state index contributed by atoms with van der Waals surface area (Å²) in [7, 11) is 0. The van der Waals surface area contributed by atoms with Crippen molar-refractivity contribution in [2.45, 2.75) is 230 Å². The van der Waals surface area contributed by atoms with E-state index in [9.17, 15) is 0 Å². The lowest BCUT2D eigenvalue weighted by molar-refractivity contribution is -0.0452. The molecule has 0 rings (SSSR count). The van der Waals surface area contributed by atoms with Crippen molar-refractivity contribution in [3.63, 3.8) is 0 Å². The zero-order valence-electron chi connectivity index (χ0n) is 30.1. The Morgan fingerprint density at radius 2 is 0.525 bits per heavy atom. The van der Waals surface area contributed by atoms with Crippen LogP contribution in [0.25, 0.3) is 0 Å². The molecule has 40 heavy (non-hydrogen) atoms. The van der Waals surface area contributed by atoms with Crippen molar-refractivity contribution in [2.75, 3.05) is 0 Å². The quantitative estimate of drug-likeness (QED) is 0.277. The summed E-state index contributed by atoms with van der Waals surface area (Å²) in [6.07, 6.45) is 3.80. The Bertz CT molecular complexity index is 225. The van der Waals surface area contributed by atoms with Crippen LogP contribution in [-0.2, 0) is 0 Å². The molecule has 0 aromatic carbocycles. The first-order valence-electron chi connectivity index (χ1n) is 16.0. The molecule has 0 fully saturated rings. The molecule has 0 nitrogen and oxygen atoms in total. The first-order valence-corrected chi connectivity index (χ1v) is 16.0. The van der Waals surface area contributed by atoms with Crippen LogP contribution in [0.4, 0.5) is 0 Å². The van der Waals surface area contributed by atoms with E-state index in [2.05, 4.69) is 96.9 Å². The van der Waals surface area contributed by atoms with Crippen LogP contribution in [0.3, 0.4) is 0 Å². The van der Waals surface area contributed by atoms with Crippen LogP contribution in [0.15, 0.2) is 0 Å². The van der Waals surface area contributed by atoms with Gasteiger partial charge in [-0.3, -0.25) is 0 Å². The maximum absolute atomic E-state index is 2.51. The molecule has 0 N–H and O–H groups in total. The zero-order valence-corrected chi connectivity index (χ0v) is 30.1. The Morgan fingerprint density at radius 3 is 0.625 bits per heavy atom.